The molecule has 278 valence electrons. The molecule has 3 atom stereocenters. The fourth-order valence-corrected chi connectivity index (χ4v) is 4.18. The molecular weight excluding hydrogens is 580 g/mol. The fraction of sp³-hybridized carbons (Fsp3) is 0.675. The molecule has 0 aliphatic carbocycles. The summed E-state index contributed by atoms with van der Waals surface area (Å²) in [7, 11) is 3.97. The van der Waals surface area contributed by atoms with Gasteiger partial charge in [0.05, 0.1) is 12.6 Å². The van der Waals surface area contributed by atoms with Gasteiger partial charge >= 0.3 is 0 Å². The van der Waals surface area contributed by atoms with Gasteiger partial charge in [0.25, 0.3) is 0 Å². The van der Waals surface area contributed by atoms with Crippen molar-refractivity contribution in [1.29, 1.82) is 0 Å². The summed E-state index contributed by atoms with van der Waals surface area (Å²) in [5.41, 5.74) is 18.2. The first-order valence-corrected chi connectivity index (χ1v) is 18.2. The first-order chi connectivity index (χ1) is 22.4. The van der Waals surface area contributed by atoms with Crippen LogP contribution in [0.1, 0.15) is 114 Å². The number of rotatable bonds is 12. The molecule has 1 aromatic rings. The zero-order valence-electron chi connectivity index (χ0n) is 33.6. The number of nitrogens with zero attached hydrogens (tertiary/aromatic N) is 2. The van der Waals surface area contributed by atoms with Gasteiger partial charge in [0.15, 0.2) is 0 Å². The van der Waals surface area contributed by atoms with E-state index in [0.29, 0.717) is 18.5 Å². The Morgan fingerprint density at radius 2 is 1.49 bits per heavy atom. The first-order valence-electron chi connectivity index (χ1n) is 18.2. The Bertz CT molecular complexity index is 819. The third-order valence-corrected chi connectivity index (χ3v) is 6.78. The van der Waals surface area contributed by atoms with Gasteiger partial charge in [-0.3, -0.25) is 9.69 Å². The zero-order chi connectivity index (χ0) is 37.8. The van der Waals surface area contributed by atoms with Gasteiger partial charge in [-0.05, 0) is 98.5 Å². The van der Waals surface area contributed by atoms with E-state index in [2.05, 4.69) is 68.4 Å². The minimum absolute atomic E-state index is 0.155. The number of nitrogens with one attached hydrogen (secondary N) is 1. The van der Waals surface area contributed by atoms with Crippen molar-refractivity contribution in [3.05, 3.63) is 72.9 Å². The number of aryl methyl sites for hydroxylation is 1. The van der Waals surface area contributed by atoms with Gasteiger partial charge in [-0.1, -0.05) is 116 Å². The number of benzene rings is 1. The molecule has 1 unspecified atom stereocenters. The van der Waals surface area contributed by atoms with Crippen LogP contribution in [0.5, 0.6) is 0 Å². The lowest BCUT2D eigenvalue weighted by atomic mass is 9.96. The highest BCUT2D eigenvalue weighted by molar-refractivity contribution is 5.79. The van der Waals surface area contributed by atoms with Crippen LogP contribution in [-0.2, 0) is 11.2 Å². The monoisotopic (exact) mass is 663 g/mol. The summed E-state index contributed by atoms with van der Waals surface area (Å²) in [6.07, 6.45) is 11.0. The maximum Gasteiger partial charge on any atom is 0.237 e. The molecule has 47 heavy (non-hydrogen) atoms. The predicted octanol–water partition coefficient (Wildman–Crippen LogP) is 8.16. The van der Waals surface area contributed by atoms with E-state index in [0.717, 1.165) is 50.8 Å². The largest absolute Gasteiger partial charge is 0.332 e. The maximum atomic E-state index is 12.5. The van der Waals surface area contributed by atoms with E-state index in [1.807, 2.05) is 98.7 Å². The van der Waals surface area contributed by atoms with E-state index in [9.17, 15) is 4.79 Å². The van der Waals surface area contributed by atoms with Crippen molar-refractivity contribution in [2.45, 2.75) is 139 Å². The second-order valence-corrected chi connectivity index (χ2v) is 11.1. The van der Waals surface area contributed by atoms with Gasteiger partial charge in [-0.2, -0.15) is 0 Å². The van der Waals surface area contributed by atoms with Crippen molar-refractivity contribution in [3.63, 3.8) is 0 Å². The molecule has 7 nitrogen and oxygen atoms in total. The van der Waals surface area contributed by atoms with Crippen LogP contribution in [0.25, 0.3) is 0 Å². The zero-order valence-corrected chi connectivity index (χ0v) is 33.6. The minimum atomic E-state index is -0.167. The smallest absolute Gasteiger partial charge is 0.237 e. The van der Waals surface area contributed by atoms with Crippen LogP contribution in [0.4, 0.5) is 0 Å². The molecule has 0 saturated carbocycles. The van der Waals surface area contributed by atoms with Crippen molar-refractivity contribution in [2.24, 2.45) is 23.1 Å². The predicted molar refractivity (Wildman–Crippen MR) is 215 cm³/mol. The highest BCUT2D eigenvalue weighted by Crippen LogP contribution is 2.24. The number of hydrogen-bond donors (Lipinski definition) is 4. The molecule has 7 N–H and O–H groups in total. The van der Waals surface area contributed by atoms with E-state index in [1.165, 1.54) is 5.56 Å². The number of allylic oxidation sites excluding steroid dienone is 2. The Morgan fingerprint density at radius 3 is 1.89 bits per heavy atom. The van der Waals surface area contributed by atoms with Crippen LogP contribution >= 0.6 is 0 Å². The lowest BCUT2D eigenvalue weighted by molar-refractivity contribution is -0.133. The Kier molecular flexibility index (Phi) is 46.0. The van der Waals surface area contributed by atoms with E-state index in [-0.39, 0.29) is 24.2 Å². The number of hydrogen-bond acceptors (Lipinski definition) is 6. The SMILES string of the molecule is C/C=C\C.C=C(C(C)C)C(N)CCNC.C=C[C@@H]1CC[C@@H](C)N1C(=O)CN(C)CCCc1ccccc1.CC.CC.CC.CC(N)N. The number of carbonyl (C=O) groups excluding carboxylic acids is 1. The van der Waals surface area contributed by atoms with Crippen LogP contribution < -0.4 is 22.5 Å². The number of likely N-dealkylation sites (N-methyl/N-ethyl adjacent to an activating group) is 1. The number of likely N-dealkylation sites (tertiary alicyclic amines) is 1. The van der Waals surface area contributed by atoms with Crippen molar-refractivity contribution in [2.75, 3.05) is 33.7 Å². The van der Waals surface area contributed by atoms with Gasteiger partial charge < -0.3 is 27.4 Å². The molecule has 1 saturated heterocycles. The lowest BCUT2D eigenvalue weighted by Gasteiger charge is -2.29. The molecule has 0 spiro atoms. The van der Waals surface area contributed by atoms with Crippen LogP contribution in [0, 0.1) is 5.92 Å². The number of amides is 1. The molecule has 0 aromatic heterocycles. The summed E-state index contributed by atoms with van der Waals surface area (Å²) < 4.78 is 0. The Hall–Kier alpha value is -2.29. The van der Waals surface area contributed by atoms with Gasteiger partial charge in [0.1, 0.15) is 0 Å². The van der Waals surface area contributed by atoms with E-state index >= 15 is 0 Å². The number of carbonyl (C=O) groups is 1. The minimum Gasteiger partial charge on any atom is -0.332 e. The molecule has 1 aliphatic heterocycles. The van der Waals surface area contributed by atoms with E-state index < -0.39 is 0 Å². The highest BCUT2D eigenvalue weighted by atomic mass is 16.2. The van der Waals surface area contributed by atoms with Crippen molar-refractivity contribution in [1.82, 2.24) is 15.1 Å². The van der Waals surface area contributed by atoms with Gasteiger partial charge in [-0.15, -0.1) is 6.58 Å². The average molecular weight is 663 g/mol. The normalized spacial score (nSPS) is 15.1. The quantitative estimate of drug-likeness (QED) is 0.133. The standard InChI is InChI=1S/C19H28N2O.C9H20N2.C4H8.C2H8N2.3C2H6/c1-4-18-13-12-16(2)21(18)19(22)15-20(3)14-8-11-17-9-6-5-7-10-17;1-7(2)8(3)9(10)5-6-11-4;1-3-4-2;1-2(3)4;3*1-2/h4-7,9-10,16,18H,1,8,11-15H2,2-3H3;7,9,11H,3,5-6,10H2,1-2,4H3;3-4H,1-2H3;2H,3-4H2,1H3;3*1-2H3/b;;4-3-;;;;/t16-,18-;;;;;;/m1....../s1. The topological polar surface area (TPSA) is 114 Å². The van der Waals surface area contributed by atoms with Crippen molar-refractivity contribution in [3.8, 4) is 0 Å². The van der Waals surface area contributed by atoms with Gasteiger partial charge in [-0.25, -0.2) is 0 Å². The molecule has 1 fully saturated rings. The molecule has 1 aliphatic rings. The van der Waals surface area contributed by atoms with Crippen LogP contribution in [0.3, 0.4) is 0 Å². The van der Waals surface area contributed by atoms with E-state index in [4.69, 9.17) is 17.2 Å². The number of nitrogens with two attached hydrogens (primary N) is 3. The molecule has 1 aromatic carbocycles. The first kappa shape index (κ1) is 54.2. The summed E-state index contributed by atoms with van der Waals surface area (Å²) in [6, 6.07) is 11.2. The summed E-state index contributed by atoms with van der Waals surface area (Å²) in [4.78, 5) is 16.7. The second kappa shape index (κ2) is 39.9. The molecular formula is C40H82N6O. The van der Waals surface area contributed by atoms with Crippen molar-refractivity contribution < 1.29 is 4.79 Å². The van der Waals surface area contributed by atoms with Crippen molar-refractivity contribution >= 4 is 5.91 Å². The molecule has 2 rings (SSSR count). The third-order valence-electron chi connectivity index (χ3n) is 6.78. The van der Waals surface area contributed by atoms with Gasteiger partial charge in [0, 0.05) is 18.2 Å². The van der Waals surface area contributed by atoms with Crippen LogP contribution in [0.15, 0.2) is 67.3 Å². The van der Waals surface area contributed by atoms with E-state index in [1.54, 1.807) is 6.92 Å². The summed E-state index contributed by atoms with van der Waals surface area (Å²) in [5, 5.41) is 3.07. The molecule has 1 heterocycles. The Labute approximate surface area is 294 Å². The Balaban J connectivity index is -0.000000197. The molecule has 0 bridgehead atoms. The third kappa shape index (κ3) is 33.4. The average Bonchev–Trinajstić information content (AvgIpc) is 3.47. The molecule has 7 heteroatoms. The van der Waals surface area contributed by atoms with Crippen LogP contribution in [-0.4, -0.2) is 73.7 Å². The lowest BCUT2D eigenvalue weighted by Crippen LogP contribution is -2.44. The Morgan fingerprint density at radius 1 is 1.00 bits per heavy atom. The molecule has 1 amide bonds. The van der Waals surface area contributed by atoms with Gasteiger partial charge in [0.2, 0.25) is 5.91 Å². The fourth-order valence-electron chi connectivity index (χ4n) is 4.18. The van der Waals surface area contributed by atoms with Crippen LogP contribution in [0.2, 0.25) is 0 Å². The summed E-state index contributed by atoms with van der Waals surface area (Å²) >= 11 is 0. The maximum absolute atomic E-state index is 12.5. The highest BCUT2D eigenvalue weighted by Gasteiger charge is 2.32. The second-order valence-electron chi connectivity index (χ2n) is 11.1. The summed E-state index contributed by atoms with van der Waals surface area (Å²) in [5.74, 6) is 0.735. The molecule has 0 radical (unpaired) electrons. The summed E-state index contributed by atoms with van der Waals surface area (Å²) in [6.45, 7) is 34.3.